The number of hydrogen-bond donors (Lipinski definition) is 2. The summed E-state index contributed by atoms with van der Waals surface area (Å²) in [4.78, 5) is 24.9. The summed E-state index contributed by atoms with van der Waals surface area (Å²) in [6.07, 6.45) is 0. The van der Waals surface area contributed by atoms with Gasteiger partial charge < -0.3 is 20.1 Å². The zero-order valence-electron chi connectivity index (χ0n) is 17.0. The number of hydrogen-bond acceptors (Lipinski definition) is 4. The summed E-state index contributed by atoms with van der Waals surface area (Å²) in [5, 5.41) is 5.67. The molecule has 0 aromatic heterocycles. The van der Waals surface area contributed by atoms with E-state index in [4.69, 9.17) is 9.47 Å². The number of rotatable bonds is 8. The van der Waals surface area contributed by atoms with Crippen molar-refractivity contribution in [2.75, 3.05) is 23.8 Å². The van der Waals surface area contributed by atoms with Crippen molar-refractivity contribution in [1.82, 2.24) is 0 Å². The van der Waals surface area contributed by atoms with Gasteiger partial charge in [0.2, 0.25) is 0 Å². The second-order valence-corrected chi connectivity index (χ2v) is 6.40. The van der Waals surface area contributed by atoms with Crippen molar-refractivity contribution >= 4 is 23.2 Å². The lowest BCUT2D eigenvalue weighted by Crippen LogP contribution is -2.14. The van der Waals surface area contributed by atoms with Crippen molar-refractivity contribution in [1.29, 1.82) is 0 Å². The third-order valence-electron chi connectivity index (χ3n) is 4.23. The Morgan fingerprint density at radius 3 is 1.43 bits per heavy atom. The quantitative estimate of drug-likeness (QED) is 0.555. The average Bonchev–Trinajstić information content (AvgIpc) is 2.75. The molecule has 154 valence electrons. The van der Waals surface area contributed by atoms with Gasteiger partial charge in [0.25, 0.3) is 11.8 Å². The zero-order chi connectivity index (χ0) is 21.3. The van der Waals surface area contributed by atoms with Crippen LogP contribution in [0.3, 0.4) is 0 Å². The van der Waals surface area contributed by atoms with E-state index >= 15 is 0 Å². The molecular formula is C24H24N2O4. The summed E-state index contributed by atoms with van der Waals surface area (Å²) >= 11 is 0. The van der Waals surface area contributed by atoms with Gasteiger partial charge in [-0.1, -0.05) is 6.07 Å². The van der Waals surface area contributed by atoms with Crippen molar-refractivity contribution in [3.8, 4) is 11.5 Å². The monoisotopic (exact) mass is 404 g/mol. The van der Waals surface area contributed by atoms with Crippen molar-refractivity contribution in [3.05, 3.63) is 83.9 Å². The molecule has 30 heavy (non-hydrogen) atoms. The Morgan fingerprint density at radius 1 is 0.667 bits per heavy atom. The van der Waals surface area contributed by atoms with Crippen LogP contribution in [-0.2, 0) is 0 Å². The standard InChI is InChI=1S/C24H24N2O4/c1-3-29-21-12-8-17(9-13-21)23(27)25-19-6-5-7-20(16-19)26-24(28)18-10-14-22(15-11-18)30-4-2/h5-16H,3-4H2,1-2H3,(H,25,27)(H,26,28). The van der Waals surface area contributed by atoms with E-state index in [0.29, 0.717) is 47.2 Å². The van der Waals surface area contributed by atoms with Gasteiger partial charge in [-0.2, -0.15) is 0 Å². The normalized spacial score (nSPS) is 10.2. The van der Waals surface area contributed by atoms with Crippen LogP contribution in [0.1, 0.15) is 34.6 Å². The van der Waals surface area contributed by atoms with E-state index in [9.17, 15) is 9.59 Å². The maximum atomic E-state index is 12.5. The molecule has 6 heteroatoms. The van der Waals surface area contributed by atoms with Crippen molar-refractivity contribution in [2.24, 2.45) is 0 Å². The summed E-state index contributed by atoms with van der Waals surface area (Å²) in [7, 11) is 0. The van der Waals surface area contributed by atoms with Crippen LogP contribution in [0.5, 0.6) is 11.5 Å². The van der Waals surface area contributed by atoms with Crippen LogP contribution in [0.25, 0.3) is 0 Å². The lowest BCUT2D eigenvalue weighted by Gasteiger charge is -2.10. The molecule has 6 nitrogen and oxygen atoms in total. The third-order valence-corrected chi connectivity index (χ3v) is 4.23. The van der Waals surface area contributed by atoms with Gasteiger partial charge in [-0.05, 0) is 80.6 Å². The first-order chi connectivity index (χ1) is 14.6. The van der Waals surface area contributed by atoms with Crippen LogP contribution < -0.4 is 20.1 Å². The van der Waals surface area contributed by atoms with E-state index in [1.807, 2.05) is 13.8 Å². The first-order valence-corrected chi connectivity index (χ1v) is 9.77. The fraction of sp³-hybridized carbons (Fsp3) is 0.167. The maximum absolute atomic E-state index is 12.5. The Bertz CT molecular complexity index is 920. The molecule has 2 amide bonds. The summed E-state index contributed by atoms with van der Waals surface area (Å²) in [6.45, 7) is 4.95. The Labute approximate surface area is 175 Å². The van der Waals surface area contributed by atoms with Crippen LogP contribution >= 0.6 is 0 Å². The smallest absolute Gasteiger partial charge is 0.255 e. The second kappa shape index (κ2) is 10.1. The minimum Gasteiger partial charge on any atom is -0.494 e. The summed E-state index contributed by atoms with van der Waals surface area (Å²) < 4.78 is 10.8. The molecule has 3 aromatic carbocycles. The van der Waals surface area contributed by atoms with E-state index in [2.05, 4.69) is 10.6 Å². The molecule has 0 heterocycles. The van der Waals surface area contributed by atoms with Gasteiger partial charge in [0.1, 0.15) is 11.5 Å². The Morgan fingerprint density at radius 2 is 1.07 bits per heavy atom. The number of anilines is 2. The van der Waals surface area contributed by atoms with E-state index in [1.54, 1.807) is 72.8 Å². The molecule has 0 saturated heterocycles. The van der Waals surface area contributed by atoms with Gasteiger partial charge in [-0.3, -0.25) is 9.59 Å². The molecule has 0 saturated carbocycles. The second-order valence-electron chi connectivity index (χ2n) is 6.40. The van der Waals surface area contributed by atoms with E-state index in [1.165, 1.54) is 0 Å². The Kier molecular flexibility index (Phi) is 7.05. The van der Waals surface area contributed by atoms with Gasteiger partial charge in [0, 0.05) is 22.5 Å². The predicted octanol–water partition coefficient (Wildman–Crippen LogP) is 4.99. The average molecular weight is 404 g/mol. The SMILES string of the molecule is CCOc1ccc(C(=O)Nc2cccc(NC(=O)c3ccc(OCC)cc3)c2)cc1. The van der Waals surface area contributed by atoms with Crippen LogP contribution in [0.2, 0.25) is 0 Å². The highest BCUT2D eigenvalue weighted by Crippen LogP contribution is 2.19. The molecule has 0 unspecified atom stereocenters. The molecule has 2 N–H and O–H groups in total. The van der Waals surface area contributed by atoms with Gasteiger partial charge in [0.05, 0.1) is 13.2 Å². The number of benzene rings is 3. The van der Waals surface area contributed by atoms with Crippen LogP contribution in [0.15, 0.2) is 72.8 Å². The molecule has 0 atom stereocenters. The molecule has 0 fully saturated rings. The first-order valence-electron chi connectivity index (χ1n) is 9.77. The molecule has 0 aliphatic heterocycles. The topological polar surface area (TPSA) is 76.7 Å². The fourth-order valence-electron chi connectivity index (χ4n) is 2.82. The number of amides is 2. The molecule has 0 bridgehead atoms. The predicted molar refractivity (Wildman–Crippen MR) is 118 cm³/mol. The molecule has 0 aliphatic rings. The van der Waals surface area contributed by atoms with Crippen molar-refractivity contribution in [3.63, 3.8) is 0 Å². The summed E-state index contributed by atoms with van der Waals surface area (Å²) in [6, 6.07) is 20.8. The highest BCUT2D eigenvalue weighted by atomic mass is 16.5. The Hall–Kier alpha value is -3.80. The van der Waals surface area contributed by atoms with Crippen molar-refractivity contribution in [2.45, 2.75) is 13.8 Å². The third kappa shape index (κ3) is 5.61. The van der Waals surface area contributed by atoms with Gasteiger partial charge in [-0.15, -0.1) is 0 Å². The highest BCUT2D eigenvalue weighted by molar-refractivity contribution is 6.06. The van der Waals surface area contributed by atoms with Gasteiger partial charge in [-0.25, -0.2) is 0 Å². The summed E-state index contributed by atoms with van der Waals surface area (Å²) in [5.74, 6) is 0.946. The lowest BCUT2D eigenvalue weighted by atomic mass is 10.2. The number of ether oxygens (including phenoxy) is 2. The number of carbonyl (C=O) groups is 2. The molecule has 0 aliphatic carbocycles. The Balaban J connectivity index is 1.63. The van der Waals surface area contributed by atoms with E-state index in [-0.39, 0.29) is 11.8 Å². The minimum absolute atomic E-state index is 0.243. The first kappa shape index (κ1) is 20.9. The molecular weight excluding hydrogens is 380 g/mol. The maximum Gasteiger partial charge on any atom is 0.255 e. The highest BCUT2D eigenvalue weighted by Gasteiger charge is 2.09. The molecule has 0 radical (unpaired) electrons. The van der Waals surface area contributed by atoms with Crippen LogP contribution in [0, 0.1) is 0 Å². The largest absolute Gasteiger partial charge is 0.494 e. The van der Waals surface area contributed by atoms with Crippen LogP contribution in [-0.4, -0.2) is 25.0 Å². The molecule has 3 aromatic rings. The number of nitrogens with one attached hydrogen (secondary N) is 2. The fourth-order valence-corrected chi connectivity index (χ4v) is 2.82. The van der Waals surface area contributed by atoms with E-state index in [0.717, 1.165) is 0 Å². The van der Waals surface area contributed by atoms with Gasteiger partial charge in [0.15, 0.2) is 0 Å². The zero-order valence-corrected chi connectivity index (χ0v) is 17.0. The summed E-state index contributed by atoms with van der Waals surface area (Å²) in [5.41, 5.74) is 2.20. The van der Waals surface area contributed by atoms with Gasteiger partial charge >= 0.3 is 0 Å². The van der Waals surface area contributed by atoms with E-state index < -0.39 is 0 Å². The molecule has 0 spiro atoms. The van der Waals surface area contributed by atoms with Crippen LogP contribution in [0.4, 0.5) is 11.4 Å². The minimum atomic E-state index is -0.243. The lowest BCUT2D eigenvalue weighted by molar-refractivity contribution is 0.101. The molecule has 3 rings (SSSR count). The number of carbonyl (C=O) groups excluding carboxylic acids is 2. The van der Waals surface area contributed by atoms with Crippen molar-refractivity contribution < 1.29 is 19.1 Å².